The van der Waals surface area contributed by atoms with Crippen molar-refractivity contribution < 1.29 is 28.7 Å². The van der Waals surface area contributed by atoms with Crippen molar-refractivity contribution in [2.45, 2.75) is 39.7 Å². The monoisotopic (exact) mass is 333 g/mol. The highest BCUT2D eigenvalue weighted by atomic mass is 32.2. The van der Waals surface area contributed by atoms with E-state index in [-0.39, 0.29) is 30.6 Å². The molecule has 0 aromatic rings. The van der Waals surface area contributed by atoms with Gasteiger partial charge >= 0.3 is 11.9 Å². The lowest BCUT2D eigenvalue weighted by Crippen LogP contribution is -2.45. The molecule has 0 rings (SSSR count). The number of esters is 2. The predicted octanol–water partition coefficient (Wildman–Crippen LogP) is 0.903. The summed E-state index contributed by atoms with van der Waals surface area (Å²) in [5.74, 6) is -1.75. The maximum absolute atomic E-state index is 11.9. The maximum Gasteiger partial charge on any atom is 0.329 e. The van der Waals surface area contributed by atoms with Gasteiger partial charge in [0.25, 0.3) is 0 Å². The van der Waals surface area contributed by atoms with Crippen LogP contribution in [0.3, 0.4) is 0 Å². The van der Waals surface area contributed by atoms with E-state index >= 15 is 0 Å². The molecule has 0 aliphatic heterocycles. The largest absolute Gasteiger partial charge is 0.469 e. The molecular weight excluding hydrogens is 310 g/mol. The second kappa shape index (κ2) is 11.1. The number of carbonyl (C=O) groups excluding carboxylic acids is 4. The Morgan fingerprint density at radius 3 is 2.32 bits per heavy atom. The van der Waals surface area contributed by atoms with Gasteiger partial charge in [0.2, 0.25) is 5.91 Å². The standard InChI is InChI=1S/C14H23NO6S/c1-5-9(3)13(18)15-10(14(19)21-6-2)8-22-12(17)7-11(16)20-4/h9-10H,5-8H2,1-4H3,(H,15,18). The topological polar surface area (TPSA) is 98.8 Å². The SMILES string of the molecule is CCOC(=O)C(CSC(=O)CC(=O)OC)NC(=O)C(C)CC. The molecule has 2 atom stereocenters. The number of hydrogen-bond donors (Lipinski definition) is 1. The van der Waals surface area contributed by atoms with Crippen LogP contribution in [0.5, 0.6) is 0 Å². The van der Waals surface area contributed by atoms with E-state index in [0.29, 0.717) is 6.42 Å². The number of carbonyl (C=O) groups is 4. The van der Waals surface area contributed by atoms with Crippen LogP contribution in [0.15, 0.2) is 0 Å². The van der Waals surface area contributed by atoms with E-state index in [1.54, 1.807) is 13.8 Å². The Labute approximate surface area is 134 Å². The lowest BCUT2D eigenvalue weighted by molar-refractivity contribution is -0.147. The van der Waals surface area contributed by atoms with Gasteiger partial charge in [0.05, 0.1) is 13.7 Å². The van der Waals surface area contributed by atoms with Gasteiger partial charge in [-0.2, -0.15) is 0 Å². The fourth-order valence-corrected chi connectivity index (χ4v) is 2.12. The fraction of sp³-hybridized carbons (Fsp3) is 0.714. The van der Waals surface area contributed by atoms with Crippen molar-refractivity contribution in [3.63, 3.8) is 0 Å². The van der Waals surface area contributed by atoms with E-state index in [2.05, 4.69) is 10.1 Å². The first-order chi connectivity index (χ1) is 10.3. The van der Waals surface area contributed by atoms with Crippen molar-refractivity contribution in [3.8, 4) is 0 Å². The van der Waals surface area contributed by atoms with Crippen molar-refractivity contribution in [2.75, 3.05) is 19.5 Å². The molecule has 22 heavy (non-hydrogen) atoms. The third-order valence-electron chi connectivity index (χ3n) is 2.87. The molecule has 0 saturated carbocycles. The van der Waals surface area contributed by atoms with Crippen LogP contribution in [0.2, 0.25) is 0 Å². The van der Waals surface area contributed by atoms with Crippen molar-refractivity contribution in [3.05, 3.63) is 0 Å². The second-order valence-electron chi connectivity index (χ2n) is 4.56. The molecule has 0 aromatic heterocycles. The van der Waals surface area contributed by atoms with Gasteiger partial charge in [-0.3, -0.25) is 14.4 Å². The smallest absolute Gasteiger partial charge is 0.329 e. The van der Waals surface area contributed by atoms with Crippen molar-refractivity contribution in [2.24, 2.45) is 5.92 Å². The third kappa shape index (κ3) is 8.02. The Morgan fingerprint density at radius 2 is 1.82 bits per heavy atom. The summed E-state index contributed by atoms with van der Waals surface area (Å²) in [6.45, 7) is 5.43. The van der Waals surface area contributed by atoms with Gasteiger partial charge in [0, 0.05) is 11.7 Å². The summed E-state index contributed by atoms with van der Waals surface area (Å²) in [6.07, 6.45) is 0.256. The molecule has 0 heterocycles. The summed E-state index contributed by atoms with van der Waals surface area (Å²) in [6, 6.07) is -0.923. The third-order valence-corrected chi connectivity index (χ3v) is 3.84. The summed E-state index contributed by atoms with van der Waals surface area (Å²) >= 11 is 0.788. The van der Waals surface area contributed by atoms with Crippen LogP contribution in [-0.4, -0.2) is 48.5 Å². The number of ether oxygens (including phenoxy) is 2. The number of hydrogen-bond acceptors (Lipinski definition) is 7. The van der Waals surface area contributed by atoms with Crippen LogP contribution in [0.1, 0.15) is 33.6 Å². The molecule has 0 aromatic carbocycles. The number of nitrogens with one attached hydrogen (secondary N) is 1. The van der Waals surface area contributed by atoms with Crippen molar-refractivity contribution in [1.29, 1.82) is 0 Å². The van der Waals surface area contributed by atoms with Gasteiger partial charge in [-0.1, -0.05) is 25.6 Å². The zero-order valence-electron chi connectivity index (χ0n) is 13.3. The average Bonchev–Trinajstić information content (AvgIpc) is 2.50. The molecule has 0 saturated heterocycles. The molecular formula is C14H23NO6S. The molecule has 1 amide bonds. The van der Waals surface area contributed by atoms with E-state index in [9.17, 15) is 19.2 Å². The first-order valence-electron chi connectivity index (χ1n) is 7.05. The zero-order valence-corrected chi connectivity index (χ0v) is 14.2. The molecule has 7 nitrogen and oxygen atoms in total. The predicted molar refractivity (Wildman–Crippen MR) is 82.1 cm³/mol. The molecule has 0 aliphatic carbocycles. The fourth-order valence-electron chi connectivity index (χ4n) is 1.33. The van der Waals surface area contributed by atoms with Crippen LogP contribution in [0.4, 0.5) is 0 Å². The van der Waals surface area contributed by atoms with Gasteiger partial charge in [-0.15, -0.1) is 0 Å². The van der Waals surface area contributed by atoms with Gasteiger partial charge in [-0.25, -0.2) is 4.79 Å². The molecule has 0 bridgehead atoms. The molecule has 0 radical (unpaired) electrons. The van der Waals surface area contributed by atoms with Crippen LogP contribution in [0, 0.1) is 5.92 Å². The van der Waals surface area contributed by atoms with Crippen LogP contribution >= 0.6 is 11.8 Å². The summed E-state index contributed by atoms with van der Waals surface area (Å²) in [5, 5.41) is 2.14. The van der Waals surface area contributed by atoms with Crippen LogP contribution in [-0.2, 0) is 28.7 Å². The molecule has 1 N–H and O–H groups in total. The van der Waals surface area contributed by atoms with E-state index < -0.39 is 23.1 Å². The quantitative estimate of drug-likeness (QED) is 0.494. The first-order valence-corrected chi connectivity index (χ1v) is 8.03. The molecule has 0 spiro atoms. The maximum atomic E-state index is 11.9. The lowest BCUT2D eigenvalue weighted by Gasteiger charge is -2.18. The summed E-state index contributed by atoms with van der Waals surface area (Å²) in [7, 11) is 1.19. The Kier molecular flexibility index (Phi) is 10.3. The highest BCUT2D eigenvalue weighted by molar-refractivity contribution is 8.13. The normalized spacial score (nSPS) is 12.9. The average molecular weight is 333 g/mol. The Bertz CT molecular complexity index is 412. The van der Waals surface area contributed by atoms with Crippen LogP contribution < -0.4 is 5.32 Å². The highest BCUT2D eigenvalue weighted by Crippen LogP contribution is 2.11. The van der Waals surface area contributed by atoms with Crippen molar-refractivity contribution >= 4 is 34.7 Å². The molecule has 0 fully saturated rings. The van der Waals surface area contributed by atoms with Crippen LogP contribution in [0.25, 0.3) is 0 Å². The van der Waals surface area contributed by atoms with Crippen molar-refractivity contribution in [1.82, 2.24) is 5.32 Å². The highest BCUT2D eigenvalue weighted by Gasteiger charge is 2.25. The molecule has 2 unspecified atom stereocenters. The van der Waals surface area contributed by atoms with Gasteiger partial charge in [-0.05, 0) is 13.3 Å². The van der Waals surface area contributed by atoms with E-state index in [4.69, 9.17) is 4.74 Å². The summed E-state index contributed by atoms with van der Waals surface area (Å²) in [4.78, 5) is 46.3. The molecule has 126 valence electrons. The minimum atomic E-state index is -0.923. The lowest BCUT2D eigenvalue weighted by atomic mass is 10.1. The van der Waals surface area contributed by atoms with Gasteiger partial charge in [0.1, 0.15) is 12.5 Å². The van der Waals surface area contributed by atoms with E-state index in [1.165, 1.54) is 7.11 Å². The number of rotatable bonds is 9. The molecule has 8 heteroatoms. The number of methoxy groups -OCH3 is 1. The van der Waals surface area contributed by atoms with Gasteiger partial charge < -0.3 is 14.8 Å². The Morgan fingerprint density at radius 1 is 1.18 bits per heavy atom. The summed E-state index contributed by atoms with van der Waals surface area (Å²) in [5.41, 5.74) is 0. The number of amides is 1. The van der Waals surface area contributed by atoms with E-state index in [0.717, 1.165) is 11.8 Å². The minimum Gasteiger partial charge on any atom is -0.469 e. The first kappa shape index (κ1) is 20.4. The molecule has 0 aliphatic rings. The minimum absolute atomic E-state index is 0.0107. The Hall–Kier alpha value is -1.57. The second-order valence-corrected chi connectivity index (χ2v) is 5.64. The zero-order chi connectivity index (χ0) is 17.1. The Balaban J connectivity index is 4.60. The summed E-state index contributed by atoms with van der Waals surface area (Å²) < 4.78 is 9.27. The number of thioether (sulfide) groups is 1. The van der Waals surface area contributed by atoms with E-state index in [1.807, 2.05) is 6.92 Å². The van der Waals surface area contributed by atoms with Gasteiger partial charge in [0.15, 0.2) is 5.12 Å².